The Kier molecular flexibility index (Phi) is 6.49. The fourth-order valence-corrected chi connectivity index (χ4v) is 2.11. The lowest BCUT2D eigenvalue weighted by Gasteiger charge is -2.28. The van der Waals surface area contributed by atoms with Crippen LogP contribution >= 0.6 is 15.9 Å². The van der Waals surface area contributed by atoms with Crippen LogP contribution in [-0.4, -0.2) is 23.4 Å². The van der Waals surface area contributed by atoms with E-state index in [2.05, 4.69) is 29.8 Å². The lowest BCUT2D eigenvalue weighted by atomic mass is 10.1. The number of hydrogen-bond donors (Lipinski definition) is 0. The molecule has 1 unspecified atom stereocenters. The van der Waals surface area contributed by atoms with Crippen molar-refractivity contribution >= 4 is 21.8 Å². The van der Waals surface area contributed by atoms with Crippen LogP contribution in [0.15, 0.2) is 22.7 Å². The van der Waals surface area contributed by atoms with Crippen LogP contribution < -0.4 is 0 Å². The Morgan fingerprint density at radius 3 is 2.63 bits per heavy atom. The fourth-order valence-electron chi connectivity index (χ4n) is 1.87. The normalized spacial score (nSPS) is 12.3. The Balaban J connectivity index is 2.94. The van der Waals surface area contributed by atoms with Crippen molar-refractivity contribution in [1.29, 1.82) is 0 Å². The number of unbranched alkanes of at least 4 members (excludes halogenated alkanes) is 1. The highest BCUT2D eigenvalue weighted by atomic mass is 79.9. The average Bonchev–Trinajstić information content (AvgIpc) is 2.41. The lowest BCUT2D eigenvalue weighted by molar-refractivity contribution is 0.0685. The number of carbonyl (C=O) groups excluding carboxylic acids is 1. The molecule has 0 aliphatic rings. The summed E-state index contributed by atoms with van der Waals surface area (Å²) in [7, 11) is 0. The van der Waals surface area contributed by atoms with Crippen LogP contribution in [-0.2, 0) is 0 Å². The zero-order chi connectivity index (χ0) is 14.4. The molecule has 2 nitrogen and oxygen atoms in total. The van der Waals surface area contributed by atoms with Gasteiger partial charge in [-0.3, -0.25) is 4.79 Å². The molecule has 0 spiro atoms. The number of benzene rings is 1. The summed E-state index contributed by atoms with van der Waals surface area (Å²) in [5.74, 6) is -0.486. The van der Waals surface area contributed by atoms with Crippen LogP contribution in [0.25, 0.3) is 0 Å². The SMILES string of the molecule is CCCCN(C(=O)c1ccc(Br)c(F)c1)C(C)CC. The fraction of sp³-hybridized carbons (Fsp3) is 0.533. The second kappa shape index (κ2) is 7.63. The lowest BCUT2D eigenvalue weighted by Crippen LogP contribution is -2.39. The summed E-state index contributed by atoms with van der Waals surface area (Å²) in [4.78, 5) is 14.3. The van der Waals surface area contributed by atoms with E-state index in [1.54, 1.807) is 12.1 Å². The maximum absolute atomic E-state index is 13.5. The summed E-state index contributed by atoms with van der Waals surface area (Å²) >= 11 is 3.10. The van der Waals surface area contributed by atoms with E-state index in [9.17, 15) is 9.18 Å². The van der Waals surface area contributed by atoms with Gasteiger partial charge in [-0.05, 0) is 53.9 Å². The van der Waals surface area contributed by atoms with Crippen molar-refractivity contribution in [3.8, 4) is 0 Å². The van der Waals surface area contributed by atoms with Gasteiger partial charge in [0.05, 0.1) is 4.47 Å². The first-order valence-electron chi connectivity index (χ1n) is 6.77. The van der Waals surface area contributed by atoms with Crippen molar-refractivity contribution in [1.82, 2.24) is 4.90 Å². The summed E-state index contributed by atoms with van der Waals surface area (Å²) < 4.78 is 13.9. The number of halogens is 2. The number of rotatable bonds is 6. The third-order valence-electron chi connectivity index (χ3n) is 3.30. The molecule has 4 heteroatoms. The minimum Gasteiger partial charge on any atom is -0.336 e. The summed E-state index contributed by atoms with van der Waals surface area (Å²) in [5.41, 5.74) is 0.414. The first-order valence-corrected chi connectivity index (χ1v) is 7.56. The zero-order valence-corrected chi connectivity index (χ0v) is 13.3. The van der Waals surface area contributed by atoms with Crippen molar-refractivity contribution in [3.63, 3.8) is 0 Å². The largest absolute Gasteiger partial charge is 0.336 e. The smallest absolute Gasteiger partial charge is 0.254 e. The van der Waals surface area contributed by atoms with Gasteiger partial charge in [0.1, 0.15) is 5.82 Å². The van der Waals surface area contributed by atoms with Gasteiger partial charge in [-0.2, -0.15) is 0 Å². The van der Waals surface area contributed by atoms with E-state index in [0.29, 0.717) is 10.0 Å². The first kappa shape index (κ1) is 16.2. The van der Waals surface area contributed by atoms with E-state index in [0.717, 1.165) is 25.8 Å². The molecule has 0 aromatic heterocycles. The second-order valence-corrected chi connectivity index (χ2v) is 5.59. The molecule has 1 aromatic carbocycles. The number of hydrogen-bond acceptors (Lipinski definition) is 1. The van der Waals surface area contributed by atoms with E-state index in [1.807, 2.05) is 11.8 Å². The van der Waals surface area contributed by atoms with Gasteiger partial charge in [0.25, 0.3) is 5.91 Å². The highest BCUT2D eigenvalue weighted by molar-refractivity contribution is 9.10. The molecule has 1 atom stereocenters. The summed E-state index contributed by atoms with van der Waals surface area (Å²) in [6.45, 7) is 6.91. The molecule has 1 amide bonds. The molecule has 106 valence electrons. The Bertz CT molecular complexity index is 436. The molecule has 1 rings (SSSR count). The van der Waals surface area contributed by atoms with Gasteiger partial charge in [-0.25, -0.2) is 4.39 Å². The van der Waals surface area contributed by atoms with Crippen LogP contribution in [0.2, 0.25) is 0 Å². The zero-order valence-electron chi connectivity index (χ0n) is 11.7. The van der Waals surface area contributed by atoms with Crippen molar-refractivity contribution < 1.29 is 9.18 Å². The Morgan fingerprint density at radius 1 is 1.42 bits per heavy atom. The van der Waals surface area contributed by atoms with Gasteiger partial charge < -0.3 is 4.90 Å². The number of carbonyl (C=O) groups is 1. The third-order valence-corrected chi connectivity index (χ3v) is 3.95. The van der Waals surface area contributed by atoms with Gasteiger partial charge in [-0.15, -0.1) is 0 Å². The van der Waals surface area contributed by atoms with Gasteiger partial charge in [0.15, 0.2) is 0 Å². The van der Waals surface area contributed by atoms with Crippen LogP contribution in [0.4, 0.5) is 4.39 Å². The topological polar surface area (TPSA) is 20.3 Å². The van der Waals surface area contributed by atoms with Crippen molar-refractivity contribution in [2.75, 3.05) is 6.54 Å². The van der Waals surface area contributed by atoms with E-state index >= 15 is 0 Å². The van der Waals surface area contributed by atoms with E-state index in [4.69, 9.17) is 0 Å². The predicted octanol–water partition coefficient (Wildman–Crippen LogP) is 4.63. The Hall–Kier alpha value is -0.900. The standard InChI is InChI=1S/C15H21BrFNO/c1-4-6-9-18(11(3)5-2)15(19)12-7-8-13(16)14(17)10-12/h7-8,10-11H,4-6,9H2,1-3H3. The molecule has 0 aliphatic carbocycles. The molecule has 0 N–H and O–H groups in total. The molecule has 0 aliphatic heterocycles. The molecule has 0 bridgehead atoms. The van der Waals surface area contributed by atoms with Gasteiger partial charge >= 0.3 is 0 Å². The first-order chi connectivity index (χ1) is 9.01. The van der Waals surface area contributed by atoms with Crippen LogP contribution in [0.1, 0.15) is 50.4 Å². The van der Waals surface area contributed by atoms with E-state index in [1.165, 1.54) is 6.07 Å². The minimum absolute atomic E-state index is 0.0887. The molecular weight excluding hydrogens is 309 g/mol. The van der Waals surface area contributed by atoms with Gasteiger partial charge in [0, 0.05) is 18.2 Å². The summed E-state index contributed by atoms with van der Waals surface area (Å²) in [6.07, 6.45) is 2.90. The highest BCUT2D eigenvalue weighted by Gasteiger charge is 2.20. The number of amides is 1. The molecule has 0 heterocycles. The summed E-state index contributed by atoms with van der Waals surface area (Å²) in [6, 6.07) is 4.72. The maximum atomic E-state index is 13.5. The molecule has 0 saturated carbocycles. The van der Waals surface area contributed by atoms with Crippen LogP contribution in [0, 0.1) is 5.82 Å². The van der Waals surface area contributed by atoms with Gasteiger partial charge in [0.2, 0.25) is 0 Å². The minimum atomic E-state index is -0.398. The molecular formula is C15H21BrFNO. The molecule has 1 aromatic rings. The van der Waals surface area contributed by atoms with E-state index < -0.39 is 5.82 Å². The van der Waals surface area contributed by atoms with Crippen LogP contribution in [0.5, 0.6) is 0 Å². The molecule has 0 saturated heterocycles. The average molecular weight is 330 g/mol. The third kappa shape index (κ3) is 4.30. The highest BCUT2D eigenvalue weighted by Crippen LogP contribution is 2.19. The molecule has 0 radical (unpaired) electrons. The quantitative estimate of drug-likeness (QED) is 0.745. The molecule has 0 fully saturated rings. The second-order valence-electron chi connectivity index (χ2n) is 4.74. The van der Waals surface area contributed by atoms with E-state index in [-0.39, 0.29) is 11.9 Å². The number of nitrogens with zero attached hydrogens (tertiary/aromatic N) is 1. The summed E-state index contributed by atoms with van der Waals surface area (Å²) in [5, 5.41) is 0. The Labute approximate surface area is 123 Å². The van der Waals surface area contributed by atoms with Crippen molar-refractivity contribution in [3.05, 3.63) is 34.1 Å². The molecule has 19 heavy (non-hydrogen) atoms. The van der Waals surface area contributed by atoms with Crippen LogP contribution in [0.3, 0.4) is 0 Å². The van der Waals surface area contributed by atoms with Crippen molar-refractivity contribution in [2.24, 2.45) is 0 Å². The maximum Gasteiger partial charge on any atom is 0.254 e. The van der Waals surface area contributed by atoms with Gasteiger partial charge in [-0.1, -0.05) is 20.3 Å². The Morgan fingerprint density at radius 2 is 2.11 bits per heavy atom. The predicted molar refractivity (Wildman–Crippen MR) is 79.8 cm³/mol. The van der Waals surface area contributed by atoms with Crippen molar-refractivity contribution in [2.45, 2.75) is 46.1 Å². The monoisotopic (exact) mass is 329 g/mol.